The van der Waals surface area contributed by atoms with Gasteiger partial charge in [0.15, 0.2) is 9.84 Å². The van der Waals surface area contributed by atoms with Crippen molar-refractivity contribution in [1.82, 2.24) is 14.7 Å². The first-order valence-electron chi connectivity index (χ1n) is 12.1. The lowest BCUT2D eigenvalue weighted by molar-refractivity contribution is -0.123. The van der Waals surface area contributed by atoms with E-state index in [9.17, 15) is 13.2 Å². The number of para-hydroxylation sites is 1. The van der Waals surface area contributed by atoms with Crippen molar-refractivity contribution in [2.24, 2.45) is 5.92 Å². The number of sulfone groups is 1. The second-order valence-electron chi connectivity index (χ2n) is 9.55. The fourth-order valence-corrected chi connectivity index (χ4v) is 7.41. The van der Waals surface area contributed by atoms with E-state index in [-0.39, 0.29) is 17.4 Å². The van der Waals surface area contributed by atoms with E-state index < -0.39 is 15.9 Å². The zero-order valence-electron chi connectivity index (χ0n) is 20.5. The Bertz CT molecular complexity index is 1460. The molecule has 37 heavy (non-hydrogen) atoms. The summed E-state index contributed by atoms with van der Waals surface area (Å²) in [5.74, 6) is 0.992. The Balaban J connectivity index is 1.49. The lowest BCUT2D eigenvalue weighted by atomic mass is 10.1. The first-order chi connectivity index (χ1) is 17.7. The van der Waals surface area contributed by atoms with Gasteiger partial charge in [0.1, 0.15) is 10.1 Å². The zero-order valence-corrected chi connectivity index (χ0v) is 23.0. The standard InChI is InChI=1S/C27H27N3O4S3/c1-18(2)16-34-23-10-8-19(9-11-23)25-20(15-29(28-25)21-6-4-3-5-7-21)14-24-26(31)30(27(35)36-24)22-12-13-37(32,33)17-22/h3-11,14-15,18,22H,12-13,16-17H2,1-2H3/b24-14-. The number of benzene rings is 2. The van der Waals surface area contributed by atoms with Crippen molar-refractivity contribution < 1.29 is 17.9 Å². The molecule has 2 saturated heterocycles. The molecule has 1 atom stereocenters. The predicted octanol–water partition coefficient (Wildman–Crippen LogP) is 4.96. The molecule has 2 fully saturated rings. The van der Waals surface area contributed by atoms with E-state index in [1.807, 2.05) is 60.8 Å². The maximum atomic E-state index is 13.3. The van der Waals surface area contributed by atoms with Gasteiger partial charge in [-0.15, -0.1) is 0 Å². The number of hydrogen-bond donors (Lipinski definition) is 0. The van der Waals surface area contributed by atoms with E-state index in [1.54, 1.807) is 10.8 Å². The number of thiocarbonyl (C=S) groups is 1. The molecule has 0 spiro atoms. The monoisotopic (exact) mass is 553 g/mol. The van der Waals surface area contributed by atoms with Crippen LogP contribution in [0.1, 0.15) is 25.8 Å². The van der Waals surface area contributed by atoms with E-state index >= 15 is 0 Å². The highest BCUT2D eigenvalue weighted by atomic mass is 32.2. The summed E-state index contributed by atoms with van der Waals surface area (Å²) < 4.78 is 32.0. The van der Waals surface area contributed by atoms with Crippen LogP contribution in [0.4, 0.5) is 0 Å². The number of nitrogens with zero attached hydrogens (tertiary/aromatic N) is 3. The highest BCUT2D eigenvalue weighted by Crippen LogP contribution is 2.38. The highest BCUT2D eigenvalue weighted by molar-refractivity contribution is 8.26. The van der Waals surface area contributed by atoms with Crippen LogP contribution in [0.5, 0.6) is 5.75 Å². The highest BCUT2D eigenvalue weighted by Gasteiger charge is 2.42. The molecular formula is C27H27N3O4S3. The van der Waals surface area contributed by atoms with Gasteiger partial charge in [0, 0.05) is 17.3 Å². The van der Waals surface area contributed by atoms with Crippen LogP contribution in [0.3, 0.4) is 0 Å². The molecule has 192 valence electrons. The van der Waals surface area contributed by atoms with E-state index in [0.29, 0.717) is 33.9 Å². The van der Waals surface area contributed by atoms with Gasteiger partial charge < -0.3 is 4.74 Å². The molecule has 2 aliphatic heterocycles. The summed E-state index contributed by atoms with van der Waals surface area (Å²) in [7, 11) is -3.14. The minimum Gasteiger partial charge on any atom is -0.493 e. The Morgan fingerprint density at radius 1 is 1.16 bits per heavy atom. The van der Waals surface area contributed by atoms with Crippen molar-refractivity contribution >= 4 is 50.1 Å². The number of rotatable bonds is 7. The van der Waals surface area contributed by atoms with Gasteiger partial charge in [0.2, 0.25) is 0 Å². The van der Waals surface area contributed by atoms with E-state index in [2.05, 4.69) is 13.8 Å². The Hall–Kier alpha value is -2.95. The number of hydrogen-bond acceptors (Lipinski definition) is 7. The number of carbonyl (C=O) groups is 1. The Kier molecular flexibility index (Phi) is 7.24. The smallest absolute Gasteiger partial charge is 0.266 e. The summed E-state index contributed by atoms with van der Waals surface area (Å²) in [4.78, 5) is 15.3. The molecule has 1 aromatic heterocycles. The molecule has 7 nitrogen and oxygen atoms in total. The fourth-order valence-electron chi connectivity index (χ4n) is 4.32. The Morgan fingerprint density at radius 2 is 1.89 bits per heavy atom. The zero-order chi connectivity index (χ0) is 26.2. The maximum absolute atomic E-state index is 13.3. The number of amides is 1. The van der Waals surface area contributed by atoms with Crippen molar-refractivity contribution in [3.8, 4) is 22.7 Å². The summed E-state index contributed by atoms with van der Waals surface area (Å²) in [6.07, 6.45) is 4.10. The topological polar surface area (TPSA) is 81.5 Å². The molecule has 0 bridgehead atoms. The molecule has 3 heterocycles. The van der Waals surface area contributed by atoms with Gasteiger partial charge in [-0.3, -0.25) is 9.69 Å². The van der Waals surface area contributed by atoms with Gasteiger partial charge in [0.25, 0.3) is 5.91 Å². The summed E-state index contributed by atoms with van der Waals surface area (Å²) in [5.41, 5.74) is 3.26. The van der Waals surface area contributed by atoms with Crippen LogP contribution in [-0.2, 0) is 14.6 Å². The first kappa shape index (κ1) is 25.7. The van der Waals surface area contributed by atoms with Crippen LogP contribution in [0.25, 0.3) is 23.0 Å². The molecule has 0 radical (unpaired) electrons. The van der Waals surface area contributed by atoms with Crippen molar-refractivity contribution in [3.63, 3.8) is 0 Å². The largest absolute Gasteiger partial charge is 0.493 e. The second-order valence-corrected chi connectivity index (χ2v) is 13.5. The molecule has 1 amide bonds. The van der Waals surface area contributed by atoms with Crippen molar-refractivity contribution in [3.05, 3.63) is 71.3 Å². The van der Waals surface area contributed by atoms with Crippen LogP contribution in [-0.4, -0.2) is 57.5 Å². The van der Waals surface area contributed by atoms with Crippen molar-refractivity contribution in [1.29, 1.82) is 0 Å². The van der Waals surface area contributed by atoms with Crippen LogP contribution >= 0.6 is 24.0 Å². The minimum atomic E-state index is -3.14. The normalized spacial score (nSPS) is 20.4. The molecular weight excluding hydrogens is 527 g/mol. The van der Waals surface area contributed by atoms with Crippen LogP contribution < -0.4 is 4.74 Å². The van der Waals surface area contributed by atoms with E-state index in [0.717, 1.165) is 22.6 Å². The Morgan fingerprint density at radius 3 is 2.54 bits per heavy atom. The van der Waals surface area contributed by atoms with Crippen molar-refractivity contribution in [2.45, 2.75) is 26.3 Å². The van der Waals surface area contributed by atoms with Gasteiger partial charge in [0.05, 0.1) is 40.4 Å². The average Bonchev–Trinajstić information content (AvgIpc) is 3.53. The lowest BCUT2D eigenvalue weighted by Crippen LogP contribution is -2.39. The third-order valence-electron chi connectivity index (χ3n) is 6.16. The molecule has 0 N–H and O–H groups in total. The molecule has 5 rings (SSSR count). The molecule has 10 heteroatoms. The third-order valence-corrected chi connectivity index (χ3v) is 9.24. The van der Waals surface area contributed by atoms with Crippen molar-refractivity contribution in [2.75, 3.05) is 18.1 Å². The van der Waals surface area contributed by atoms with Gasteiger partial charge in [-0.05, 0) is 54.8 Å². The SMILES string of the molecule is CC(C)COc1ccc(-c2nn(-c3ccccc3)cc2/C=C2\SC(=S)N(C3CCS(=O)(=O)C3)C2=O)cc1. The quantitative estimate of drug-likeness (QED) is 0.302. The molecule has 2 aliphatic rings. The van der Waals surface area contributed by atoms with Crippen LogP contribution in [0.2, 0.25) is 0 Å². The summed E-state index contributed by atoms with van der Waals surface area (Å²) in [6, 6.07) is 17.1. The lowest BCUT2D eigenvalue weighted by Gasteiger charge is -2.20. The number of thioether (sulfide) groups is 1. The van der Waals surface area contributed by atoms with Gasteiger partial charge >= 0.3 is 0 Å². The van der Waals surface area contributed by atoms with Gasteiger partial charge in [-0.2, -0.15) is 5.10 Å². The Labute approximate surface area is 226 Å². The fraction of sp³-hybridized carbons (Fsp3) is 0.296. The third kappa shape index (κ3) is 5.66. The summed E-state index contributed by atoms with van der Waals surface area (Å²) in [6.45, 7) is 4.84. The number of carbonyl (C=O) groups excluding carboxylic acids is 1. The minimum absolute atomic E-state index is 0.0465. The van der Waals surface area contributed by atoms with Gasteiger partial charge in [-0.1, -0.05) is 56.0 Å². The molecule has 2 aromatic carbocycles. The predicted molar refractivity (Wildman–Crippen MR) is 151 cm³/mol. The molecule has 1 unspecified atom stereocenters. The average molecular weight is 554 g/mol. The maximum Gasteiger partial charge on any atom is 0.266 e. The first-order valence-corrected chi connectivity index (χ1v) is 15.1. The van der Waals surface area contributed by atoms with Crippen LogP contribution in [0.15, 0.2) is 65.7 Å². The molecule has 3 aromatic rings. The summed E-state index contributed by atoms with van der Waals surface area (Å²) >= 11 is 6.69. The number of aromatic nitrogens is 2. The van der Waals surface area contributed by atoms with Gasteiger partial charge in [-0.25, -0.2) is 13.1 Å². The van der Waals surface area contributed by atoms with E-state index in [1.165, 1.54) is 16.7 Å². The second kappa shape index (κ2) is 10.4. The number of ether oxygens (including phenoxy) is 1. The molecule has 0 aliphatic carbocycles. The molecule has 0 saturated carbocycles. The van der Waals surface area contributed by atoms with Crippen LogP contribution in [0, 0.1) is 5.92 Å². The summed E-state index contributed by atoms with van der Waals surface area (Å²) in [5, 5.41) is 4.84. The van der Waals surface area contributed by atoms with E-state index in [4.69, 9.17) is 22.1 Å².